The van der Waals surface area contributed by atoms with Crippen LogP contribution in [0.15, 0.2) is 30.3 Å². The van der Waals surface area contributed by atoms with Gasteiger partial charge in [0, 0.05) is 0 Å². The van der Waals surface area contributed by atoms with Crippen LogP contribution in [0.25, 0.3) is 10.8 Å². The zero-order valence-electron chi connectivity index (χ0n) is 22.8. The van der Waals surface area contributed by atoms with Gasteiger partial charge in [-0.1, -0.05) is 52.0 Å². The van der Waals surface area contributed by atoms with E-state index in [-0.39, 0.29) is 34.5 Å². The second kappa shape index (κ2) is 10.9. The zero-order chi connectivity index (χ0) is 27.0. The lowest BCUT2D eigenvalue weighted by molar-refractivity contribution is -0.145. The van der Waals surface area contributed by atoms with E-state index in [1.165, 1.54) is 13.2 Å². The van der Waals surface area contributed by atoms with Crippen LogP contribution >= 0.6 is 0 Å². The van der Waals surface area contributed by atoms with Crippen molar-refractivity contribution in [1.82, 2.24) is 0 Å². The number of halogens is 3. The Morgan fingerprint density at radius 2 is 1.70 bits per heavy atom. The summed E-state index contributed by atoms with van der Waals surface area (Å²) in [5.74, 6) is 1.09. The fourth-order valence-electron chi connectivity index (χ4n) is 6.56. The number of hydrogen-bond acceptors (Lipinski definition) is 3. The van der Waals surface area contributed by atoms with E-state index in [1.807, 2.05) is 12.1 Å². The molecule has 2 saturated carbocycles. The van der Waals surface area contributed by atoms with Gasteiger partial charge in [0.1, 0.15) is 11.3 Å². The molecule has 0 N–H and O–H groups in total. The van der Waals surface area contributed by atoms with E-state index < -0.39 is 11.7 Å². The average molecular weight is 519 g/mol. The molecule has 0 heterocycles. The second-order valence-electron chi connectivity index (χ2n) is 12.4. The fraction of sp³-hybridized carbons (Fsp3) is 0.645. The predicted molar refractivity (Wildman–Crippen MR) is 140 cm³/mol. The Balaban J connectivity index is 1.50. The molecule has 2 aliphatic carbocycles. The van der Waals surface area contributed by atoms with Crippen molar-refractivity contribution in [2.75, 3.05) is 7.11 Å². The van der Waals surface area contributed by atoms with Crippen molar-refractivity contribution in [2.24, 2.45) is 29.1 Å². The van der Waals surface area contributed by atoms with Crippen LogP contribution < -0.4 is 4.74 Å². The molecule has 0 saturated heterocycles. The second-order valence-corrected chi connectivity index (χ2v) is 12.4. The molecule has 0 amide bonds. The summed E-state index contributed by atoms with van der Waals surface area (Å²) in [6.07, 6.45) is 2.25. The molecule has 0 aromatic heterocycles. The smallest absolute Gasteiger partial charge is 0.420 e. The molecule has 204 valence electrons. The van der Waals surface area contributed by atoms with Crippen LogP contribution in [0.2, 0.25) is 0 Å². The van der Waals surface area contributed by atoms with Gasteiger partial charge in [-0.2, -0.15) is 13.2 Å². The highest BCUT2D eigenvalue weighted by atomic mass is 19.4. The lowest BCUT2D eigenvalue weighted by atomic mass is 9.72. The van der Waals surface area contributed by atoms with Crippen LogP contribution in [0.1, 0.15) is 83.8 Å². The molecule has 2 aromatic rings. The molecule has 4 rings (SSSR count). The Morgan fingerprint density at radius 3 is 2.32 bits per heavy atom. The first-order valence-corrected chi connectivity index (χ1v) is 13.7. The maximum absolute atomic E-state index is 14.3. The number of benzene rings is 2. The molecule has 0 radical (unpaired) electrons. The largest absolute Gasteiger partial charge is 0.490 e. The van der Waals surface area contributed by atoms with Crippen LogP contribution in [0.3, 0.4) is 0 Å². The molecule has 0 aliphatic heterocycles. The van der Waals surface area contributed by atoms with Crippen molar-refractivity contribution in [3.8, 4) is 5.75 Å². The van der Waals surface area contributed by atoms with Crippen molar-refractivity contribution in [2.45, 2.75) is 91.3 Å². The van der Waals surface area contributed by atoms with E-state index in [0.717, 1.165) is 56.9 Å². The van der Waals surface area contributed by atoms with Crippen LogP contribution in [-0.2, 0) is 22.1 Å². The number of fused-ring (bicyclic) bond motifs is 1. The minimum atomic E-state index is -4.50. The van der Waals surface area contributed by atoms with Crippen LogP contribution in [0, 0.1) is 29.1 Å². The molecule has 0 spiro atoms. The number of carbonyl (C=O) groups excluding carboxylic acids is 1. The van der Waals surface area contributed by atoms with Crippen molar-refractivity contribution in [3.05, 3.63) is 41.5 Å². The highest BCUT2D eigenvalue weighted by Crippen LogP contribution is 2.44. The lowest BCUT2D eigenvalue weighted by Crippen LogP contribution is -2.31. The molecule has 0 bridgehead atoms. The van der Waals surface area contributed by atoms with E-state index in [2.05, 4.69) is 27.7 Å². The number of carbonyl (C=O) groups is 1. The van der Waals surface area contributed by atoms with E-state index >= 15 is 0 Å². The Bertz CT molecular complexity index is 1090. The van der Waals surface area contributed by atoms with E-state index in [9.17, 15) is 18.0 Å². The van der Waals surface area contributed by atoms with Crippen molar-refractivity contribution in [1.29, 1.82) is 0 Å². The molecule has 2 aromatic carbocycles. The minimum Gasteiger partial charge on any atom is -0.490 e. The van der Waals surface area contributed by atoms with Gasteiger partial charge in [-0.05, 0) is 96.9 Å². The topological polar surface area (TPSA) is 35.5 Å². The van der Waals surface area contributed by atoms with Gasteiger partial charge < -0.3 is 9.47 Å². The Hall–Kier alpha value is -2.24. The summed E-state index contributed by atoms with van der Waals surface area (Å²) in [5.41, 5.74) is 0.559. The summed E-state index contributed by atoms with van der Waals surface area (Å²) in [6.45, 7) is 8.85. The van der Waals surface area contributed by atoms with Crippen LogP contribution in [0.5, 0.6) is 5.75 Å². The molecule has 2 fully saturated rings. The van der Waals surface area contributed by atoms with Crippen molar-refractivity contribution < 1.29 is 27.4 Å². The molecule has 3 nitrogen and oxygen atoms in total. The first kappa shape index (κ1) is 27.8. The van der Waals surface area contributed by atoms with E-state index in [4.69, 9.17) is 9.47 Å². The fourth-order valence-corrected chi connectivity index (χ4v) is 6.56. The normalized spacial score (nSPS) is 25.7. The molecular weight excluding hydrogens is 477 g/mol. The van der Waals surface area contributed by atoms with Gasteiger partial charge in [-0.15, -0.1) is 0 Å². The summed E-state index contributed by atoms with van der Waals surface area (Å²) in [5, 5.41) is 0.774. The first-order valence-electron chi connectivity index (χ1n) is 13.7. The van der Waals surface area contributed by atoms with Gasteiger partial charge in [-0.3, -0.25) is 4.79 Å². The monoisotopic (exact) mass is 518 g/mol. The number of ether oxygens (including phenoxy) is 2. The number of alkyl halides is 3. The Morgan fingerprint density at radius 1 is 1.00 bits per heavy atom. The van der Waals surface area contributed by atoms with Gasteiger partial charge in [0.05, 0.1) is 19.1 Å². The highest BCUT2D eigenvalue weighted by molar-refractivity contribution is 5.89. The summed E-state index contributed by atoms with van der Waals surface area (Å²) in [7, 11) is 1.43. The third-order valence-corrected chi connectivity index (χ3v) is 8.89. The van der Waals surface area contributed by atoms with E-state index in [0.29, 0.717) is 23.1 Å². The van der Waals surface area contributed by atoms with Crippen LogP contribution in [0.4, 0.5) is 13.2 Å². The van der Waals surface area contributed by atoms with Gasteiger partial charge in [0.2, 0.25) is 0 Å². The Kier molecular flexibility index (Phi) is 8.16. The van der Waals surface area contributed by atoms with Gasteiger partial charge in [0.15, 0.2) is 0 Å². The Labute approximate surface area is 219 Å². The predicted octanol–water partition coefficient (Wildman–Crippen LogP) is 8.61. The number of hydrogen-bond donors (Lipinski definition) is 0. The number of esters is 1. The lowest BCUT2D eigenvalue weighted by Gasteiger charge is -2.37. The first-order chi connectivity index (χ1) is 17.4. The zero-order valence-corrected chi connectivity index (χ0v) is 22.8. The van der Waals surface area contributed by atoms with Gasteiger partial charge in [0.25, 0.3) is 0 Å². The third kappa shape index (κ3) is 6.43. The summed E-state index contributed by atoms with van der Waals surface area (Å²) >= 11 is 0. The molecular formula is C31H41F3O3. The molecule has 37 heavy (non-hydrogen) atoms. The van der Waals surface area contributed by atoms with Gasteiger partial charge >= 0.3 is 12.1 Å². The number of methoxy groups -OCH3 is 1. The molecule has 6 heteroatoms. The third-order valence-electron chi connectivity index (χ3n) is 8.89. The molecule has 3 atom stereocenters. The highest BCUT2D eigenvalue weighted by Gasteiger charge is 2.38. The average Bonchev–Trinajstić information content (AvgIpc) is 3.33. The van der Waals surface area contributed by atoms with Crippen LogP contribution in [-0.4, -0.2) is 19.2 Å². The van der Waals surface area contributed by atoms with Gasteiger partial charge in [-0.25, -0.2) is 0 Å². The maximum Gasteiger partial charge on any atom is 0.420 e. The van der Waals surface area contributed by atoms with Crippen molar-refractivity contribution >= 4 is 16.7 Å². The standard InChI is InChI=1S/C31H41F3O3/c1-19(21-7-8-23(18-21)29(35)36-5)16-20-6-14-26-22(17-20)9-15-27(28(26)31(32,33)34)37-25-12-10-24(11-13-25)30(2,3)4/h6,9,14-15,17,19,21,23-25H,7-8,10-13,16,18H2,1-5H3. The van der Waals surface area contributed by atoms with E-state index in [1.54, 1.807) is 12.1 Å². The minimum absolute atomic E-state index is 0.0367. The van der Waals surface area contributed by atoms with Crippen molar-refractivity contribution in [3.63, 3.8) is 0 Å². The molecule has 2 aliphatic rings. The molecule has 3 unspecified atom stereocenters. The summed E-state index contributed by atoms with van der Waals surface area (Å²) in [4.78, 5) is 11.9. The summed E-state index contributed by atoms with van der Waals surface area (Å²) in [6, 6.07) is 8.57. The number of rotatable bonds is 6. The quantitative estimate of drug-likeness (QED) is 0.359. The summed E-state index contributed by atoms with van der Waals surface area (Å²) < 4.78 is 53.8. The maximum atomic E-state index is 14.3. The SMILES string of the molecule is COC(=O)C1CCC(C(C)Cc2ccc3c(C(F)(F)F)c(OC4CCC(C(C)(C)C)CC4)ccc3c2)C1.